The number of carbonyl (C=O) groups is 2. The summed E-state index contributed by atoms with van der Waals surface area (Å²) in [6.45, 7) is 2.11. The van der Waals surface area contributed by atoms with Gasteiger partial charge in [0.05, 0.1) is 34.0 Å². The van der Waals surface area contributed by atoms with Crippen LogP contribution in [-0.2, 0) is 4.79 Å². The molecule has 2 aromatic carbocycles. The molecule has 0 radical (unpaired) electrons. The highest BCUT2D eigenvalue weighted by molar-refractivity contribution is 7.99. The number of amides is 3. The third-order valence-corrected chi connectivity index (χ3v) is 6.95. The SMILES string of the molecule is C[C@H]1CCCC[C@@H]1NC(=O)NC(=O)CSc1nc2ccccc2c(=O)n1-c1ccc(C#N)cc1. The topological polar surface area (TPSA) is 117 Å². The second-order valence-electron chi connectivity index (χ2n) is 8.39. The minimum atomic E-state index is -0.500. The molecule has 0 spiro atoms. The van der Waals surface area contributed by atoms with Crippen molar-refractivity contribution in [3.8, 4) is 11.8 Å². The molecule has 1 heterocycles. The molecule has 8 nitrogen and oxygen atoms in total. The second kappa shape index (κ2) is 10.5. The van der Waals surface area contributed by atoms with Crippen LogP contribution >= 0.6 is 11.8 Å². The Balaban J connectivity index is 1.52. The van der Waals surface area contributed by atoms with E-state index in [0.717, 1.165) is 37.4 Å². The molecule has 4 rings (SSSR count). The molecule has 1 aromatic heterocycles. The molecule has 1 fully saturated rings. The first-order valence-electron chi connectivity index (χ1n) is 11.2. The Morgan fingerprint density at radius 3 is 2.62 bits per heavy atom. The van der Waals surface area contributed by atoms with Gasteiger partial charge in [-0.15, -0.1) is 0 Å². The van der Waals surface area contributed by atoms with Crippen molar-refractivity contribution in [1.29, 1.82) is 5.26 Å². The maximum atomic E-state index is 13.3. The van der Waals surface area contributed by atoms with E-state index in [1.54, 1.807) is 48.5 Å². The lowest BCUT2D eigenvalue weighted by Crippen LogP contribution is -2.48. The zero-order valence-corrected chi connectivity index (χ0v) is 19.6. The van der Waals surface area contributed by atoms with Crippen LogP contribution in [0.5, 0.6) is 0 Å². The van der Waals surface area contributed by atoms with E-state index in [1.165, 1.54) is 4.57 Å². The van der Waals surface area contributed by atoms with Gasteiger partial charge in [-0.1, -0.05) is 43.7 Å². The van der Waals surface area contributed by atoms with Gasteiger partial charge in [0, 0.05) is 6.04 Å². The zero-order valence-electron chi connectivity index (χ0n) is 18.8. The van der Waals surface area contributed by atoms with Crippen LogP contribution in [-0.4, -0.2) is 33.3 Å². The lowest BCUT2D eigenvalue weighted by Gasteiger charge is -2.29. The number of nitriles is 1. The number of thioether (sulfide) groups is 1. The number of aromatic nitrogens is 2. The van der Waals surface area contributed by atoms with Gasteiger partial charge in [0.15, 0.2) is 5.16 Å². The standard InChI is InChI=1S/C25H25N5O3S/c1-16-6-2-4-8-20(16)27-24(33)29-22(31)15-34-25-28-21-9-5-3-7-19(21)23(32)30(25)18-12-10-17(14-26)11-13-18/h3,5,7,9-13,16,20H,2,4,6,8,15H2,1H3,(H2,27,29,31,33)/t16-,20-/m0/s1. The highest BCUT2D eigenvalue weighted by Crippen LogP contribution is 2.24. The van der Waals surface area contributed by atoms with Gasteiger partial charge in [-0.05, 0) is 55.2 Å². The van der Waals surface area contributed by atoms with E-state index in [1.807, 2.05) is 0 Å². The normalized spacial score (nSPS) is 17.6. The van der Waals surface area contributed by atoms with Crippen LogP contribution in [0, 0.1) is 17.2 Å². The number of hydrogen-bond acceptors (Lipinski definition) is 6. The Hall–Kier alpha value is -3.64. The summed E-state index contributed by atoms with van der Waals surface area (Å²) in [5, 5.41) is 15.1. The van der Waals surface area contributed by atoms with Crippen LogP contribution in [0.15, 0.2) is 58.5 Å². The number of benzene rings is 2. The number of carbonyl (C=O) groups excluding carboxylic acids is 2. The average molecular weight is 476 g/mol. The van der Waals surface area contributed by atoms with Gasteiger partial charge in [-0.25, -0.2) is 9.78 Å². The van der Waals surface area contributed by atoms with Crippen LogP contribution in [0.4, 0.5) is 4.79 Å². The summed E-state index contributed by atoms with van der Waals surface area (Å²) in [5.74, 6) is -0.179. The molecule has 1 aliphatic rings. The first-order chi connectivity index (χ1) is 16.5. The molecule has 9 heteroatoms. The summed E-state index contributed by atoms with van der Waals surface area (Å²) < 4.78 is 1.42. The maximum Gasteiger partial charge on any atom is 0.321 e. The van der Waals surface area contributed by atoms with Crippen LogP contribution in [0.2, 0.25) is 0 Å². The minimum absolute atomic E-state index is 0.0675. The number of imide groups is 1. The number of nitrogens with zero attached hydrogens (tertiary/aromatic N) is 3. The molecule has 0 unspecified atom stereocenters. The summed E-state index contributed by atoms with van der Waals surface area (Å²) in [7, 11) is 0. The molecule has 3 amide bonds. The predicted molar refractivity (Wildman–Crippen MR) is 131 cm³/mol. The van der Waals surface area contributed by atoms with E-state index >= 15 is 0 Å². The van der Waals surface area contributed by atoms with Crippen LogP contribution in [0.3, 0.4) is 0 Å². The molecule has 0 saturated heterocycles. The lowest BCUT2D eigenvalue weighted by molar-refractivity contribution is -0.117. The average Bonchev–Trinajstić information content (AvgIpc) is 2.84. The van der Waals surface area contributed by atoms with Crippen molar-refractivity contribution in [1.82, 2.24) is 20.2 Å². The number of rotatable bonds is 5. The van der Waals surface area contributed by atoms with Gasteiger partial charge in [0.25, 0.3) is 5.56 Å². The molecule has 2 atom stereocenters. The Bertz CT molecular complexity index is 1310. The molecule has 1 saturated carbocycles. The summed E-state index contributed by atoms with van der Waals surface area (Å²) in [4.78, 5) is 42.6. The smallest absolute Gasteiger partial charge is 0.321 e. The van der Waals surface area contributed by atoms with Gasteiger partial charge >= 0.3 is 6.03 Å². The molecule has 2 N–H and O–H groups in total. The lowest BCUT2D eigenvalue weighted by atomic mass is 9.86. The van der Waals surface area contributed by atoms with E-state index in [9.17, 15) is 14.4 Å². The molecular weight excluding hydrogens is 450 g/mol. The number of nitrogens with one attached hydrogen (secondary N) is 2. The molecule has 0 aliphatic heterocycles. The maximum absolute atomic E-state index is 13.3. The van der Waals surface area contributed by atoms with Gasteiger partial charge in [-0.3, -0.25) is 19.5 Å². The van der Waals surface area contributed by atoms with Crippen molar-refractivity contribution in [2.45, 2.75) is 43.8 Å². The van der Waals surface area contributed by atoms with Crippen LogP contribution in [0.25, 0.3) is 16.6 Å². The van der Waals surface area contributed by atoms with Crippen LogP contribution in [0.1, 0.15) is 38.2 Å². The number of fused-ring (bicyclic) bond motifs is 1. The van der Waals surface area contributed by atoms with Crippen molar-refractivity contribution in [2.75, 3.05) is 5.75 Å². The summed E-state index contributed by atoms with van der Waals surface area (Å²) in [6, 6.07) is 15.2. The Morgan fingerprint density at radius 1 is 1.15 bits per heavy atom. The fourth-order valence-electron chi connectivity index (χ4n) is 4.15. The van der Waals surface area contributed by atoms with Crippen molar-refractivity contribution >= 4 is 34.6 Å². The number of hydrogen-bond donors (Lipinski definition) is 2. The summed E-state index contributed by atoms with van der Waals surface area (Å²) in [5.41, 5.74) is 1.25. The van der Waals surface area contributed by atoms with Crippen molar-refractivity contribution in [2.24, 2.45) is 5.92 Å². The highest BCUT2D eigenvalue weighted by atomic mass is 32.2. The Morgan fingerprint density at radius 2 is 1.88 bits per heavy atom. The molecule has 1 aliphatic carbocycles. The number of urea groups is 1. The third kappa shape index (κ3) is 5.29. The van der Waals surface area contributed by atoms with E-state index in [4.69, 9.17) is 5.26 Å². The minimum Gasteiger partial charge on any atom is -0.335 e. The van der Waals surface area contributed by atoms with Crippen molar-refractivity contribution in [3.63, 3.8) is 0 Å². The highest BCUT2D eigenvalue weighted by Gasteiger charge is 2.23. The fraction of sp³-hybridized carbons (Fsp3) is 0.320. The molecule has 3 aromatic rings. The first kappa shape index (κ1) is 23.5. The van der Waals surface area contributed by atoms with Crippen LogP contribution < -0.4 is 16.2 Å². The second-order valence-corrected chi connectivity index (χ2v) is 9.33. The van der Waals surface area contributed by atoms with Gasteiger partial charge in [0.1, 0.15) is 0 Å². The van der Waals surface area contributed by atoms with Crippen molar-refractivity contribution < 1.29 is 9.59 Å². The largest absolute Gasteiger partial charge is 0.335 e. The van der Waals surface area contributed by atoms with E-state index in [2.05, 4.69) is 28.6 Å². The monoisotopic (exact) mass is 475 g/mol. The molecule has 34 heavy (non-hydrogen) atoms. The number of para-hydroxylation sites is 1. The predicted octanol–water partition coefficient (Wildman–Crippen LogP) is 3.75. The quantitative estimate of drug-likeness (QED) is 0.429. The molecule has 174 valence electrons. The molecular formula is C25H25N5O3S. The zero-order chi connectivity index (χ0) is 24.1. The Kier molecular flexibility index (Phi) is 7.28. The fourth-order valence-corrected chi connectivity index (χ4v) is 4.96. The van der Waals surface area contributed by atoms with Gasteiger partial charge < -0.3 is 5.32 Å². The van der Waals surface area contributed by atoms with Crippen molar-refractivity contribution in [3.05, 3.63) is 64.4 Å². The summed E-state index contributed by atoms with van der Waals surface area (Å²) >= 11 is 1.07. The van der Waals surface area contributed by atoms with Gasteiger partial charge in [0.2, 0.25) is 5.91 Å². The van der Waals surface area contributed by atoms with E-state index in [-0.39, 0.29) is 17.4 Å². The Labute approximate surface area is 201 Å². The van der Waals surface area contributed by atoms with Gasteiger partial charge in [-0.2, -0.15) is 5.26 Å². The summed E-state index contributed by atoms with van der Waals surface area (Å²) in [6.07, 6.45) is 4.21. The molecule has 0 bridgehead atoms. The van der Waals surface area contributed by atoms with E-state index in [0.29, 0.717) is 33.2 Å². The van der Waals surface area contributed by atoms with E-state index < -0.39 is 11.9 Å². The first-order valence-corrected chi connectivity index (χ1v) is 12.2. The third-order valence-electron chi connectivity index (χ3n) is 6.01.